The van der Waals surface area contributed by atoms with Gasteiger partial charge in [0.05, 0.1) is 17.8 Å². The normalized spacial score (nSPS) is 23.6. The third-order valence-corrected chi connectivity index (χ3v) is 3.31. The second-order valence-electron chi connectivity index (χ2n) is 4.58. The summed E-state index contributed by atoms with van der Waals surface area (Å²) in [7, 11) is 0. The minimum atomic E-state index is -0.00706. The van der Waals surface area contributed by atoms with Crippen LogP contribution >= 0.6 is 11.6 Å². The van der Waals surface area contributed by atoms with Gasteiger partial charge in [0.2, 0.25) is 0 Å². The van der Waals surface area contributed by atoms with Crippen LogP contribution in [0.1, 0.15) is 25.3 Å². The molecule has 0 amide bonds. The van der Waals surface area contributed by atoms with Gasteiger partial charge in [0.1, 0.15) is 12.4 Å². The van der Waals surface area contributed by atoms with Gasteiger partial charge in [-0.2, -0.15) is 0 Å². The van der Waals surface area contributed by atoms with Crippen LogP contribution in [0.15, 0.2) is 23.4 Å². The Morgan fingerprint density at radius 3 is 3.00 bits per heavy atom. The first-order valence-electron chi connectivity index (χ1n) is 6.16. The summed E-state index contributed by atoms with van der Waals surface area (Å²) in [6, 6.07) is 4.97. The van der Waals surface area contributed by atoms with Gasteiger partial charge < -0.3 is 20.4 Å². The van der Waals surface area contributed by atoms with Crippen molar-refractivity contribution in [3.05, 3.63) is 28.8 Å². The van der Waals surface area contributed by atoms with Crippen molar-refractivity contribution >= 4 is 17.4 Å². The van der Waals surface area contributed by atoms with E-state index in [1.54, 1.807) is 18.2 Å². The van der Waals surface area contributed by atoms with Crippen molar-refractivity contribution in [1.82, 2.24) is 0 Å². The van der Waals surface area contributed by atoms with Crippen LogP contribution in [0.4, 0.5) is 0 Å². The zero-order valence-corrected chi connectivity index (χ0v) is 11.4. The number of benzene rings is 1. The van der Waals surface area contributed by atoms with E-state index in [2.05, 4.69) is 5.16 Å². The van der Waals surface area contributed by atoms with Gasteiger partial charge in [-0.05, 0) is 38.0 Å². The fraction of sp³-hybridized carbons (Fsp3) is 0.462. The Hall–Kier alpha value is -1.46. The highest BCUT2D eigenvalue weighted by Crippen LogP contribution is 2.25. The molecule has 3 N–H and O–H groups in total. The van der Waals surface area contributed by atoms with E-state index >= 15 is 0 Å². The standard InChI is InChI=1S/C13H17ClN2O3/c1-8-2-4-10(19-8)7-18-12-6-9(14)3-5-11(12)13(15)16-17/h3,5-6,8,10,17H,2,4,7H2,1H3,(H2,15,16). The van der Waals surface area contributed by atoms with Crippen LogP contribution in [0.3, 0.4) is 0 Å². The van der Waals surface area contributed by atoms with Crippen molar-refractivity contribution in [2.24, 2.45) is 10.9 Å². The van der Waals surface area contributed by atoms with Crippen LogP contribution < -0.4 is 10.5 Å². The van der Waals surface area contributed by atoms with Gasteiger partial charge in [-0.3, -0.25) is 0 Å². The number of oxime groups is 1. The van der Waals surface area contributed by atoms with E-state index in [9.17, 15) is 0 Å². The molecule has 0 aromatic heterocycles. The van der Waals surface area contributed by atoms with E-state index in [-0.39, 0.29) is 18.0 Å². The van der Waals surface area contributed by atoms with Crippen LogP contribution in [-0.2, 0) is 4.74 Å². The number of amidine groups is 1. The molecular weight excluding hydrogens is 268 g/mol. The summed E-state index contributed by atoms with van der Waals surface area (Å²) in [6.45, 7) is 2.47. The van der Waals surface area contributed by atoms with E-state index in [4.69, 9.17) is 32.0 Å². The molecule has 1 aliphatic rings. The molecular formula is C13H17ClN2O3. The van der Waals surface area contributed by atoms with Gasteiger partial charge in [0.25, 0.3) is 0 Å². The van der Waals surface area contributed by atoms with Gasteiger partial charge in [-0.1, -0.05) is 16.8 Å². The highest BCUT2D eigenvalue weighted by Gasteiger charge is 2.22. The highest BCUT2D eigenvalue weighted by molar-refractivity contribution is 6.30. The molecule has 0 radical (unpaired) electrons. The smallest absolute Gasteiger partial charge is 0.173 e. The number of hydrogen-bond donors (Lipinski definition) is 2. The second kappa shape index (κ2) is 6.12. The number of halogens is 1. The molecule has 1 saturated heterocycles. The maximum atomic E-state index is 8.75. The molecule has 1 fully saturated rings. The van der Waals surface area contributed by atoms with E-state index < -0.39 is 0 Å². The molecule has 2 rings (SSSR count). The summed E-state index contributed by atoms with van der Waals surface area (Å²) in [5.41, 5.74) is 6.11. The fourth-order valence-corrected chi connectivity index (χ4v) is 2.23. The molecule has 6 heteroatoms. The molecule has 104 valence electrons. The number of hydrogen-bond acceptors (Lipinski definition) is 4. The predicted octanol–water partition coefficient (Wildman–Crippen LogP) is 2.38. The average molecular weight is 285 g/mol. The second-order valence-corrected chi connectivity index (χ2v) is 5.02. The summed E-state index contributed by atoms with van der Waals surface area (Å²) < 4.78 is 11.4. The first-order chi connectivity index (χ1) is 9.10. The minimum Gasteiger partial charge on any atom is -0.490 e. The van der Waals surface area contributed by atoms with Crippen LogP contribution in [-0.4, -0.2) is 29.9 Å². The third kappa shape index (κ3) is 3.52. The maximum Gasteiger partial charge on any atom is 0.173 e. The summed E-state index contributed by atoms with van der Waals surface area (Å²) >= 11 is 5.93. The zero-order valence-electron chi connectivity index (χ0n) is 10.7. The molecule has 5 nitrogen and oxygen atoms in total. The van der Waals surface area contributed by atoms with Crippen molar-refractivity contribution in [3.63, 3.8) is 0 Å². The van der Waals surface area contributed by atoms with E-state index in [0.717, 1.165) is 12.8 Å². The fourth-order valence-electron chi connectivity index (χ4n) is 2.07. The Morgan fingerprint density at radius 2 is 2.37 bits per heavy atom. The third-order valence-electron chi connectivity index (χ3n) is 3.07. The largest absolute Gasteiger partial charge is 0.490 e. The Balaban J connectivity index is 2.08. The average Bonchev–Trinajstić information content (AvgIpc) is 2.81. The molecule has 0 spiro atoms. The molecule has 0 aliphatic carbocycles. The minimum absolute atomic E-state index is 0.00706. The lowest BCUT2D eigenvalue weighted by atomic mass is 10.2. The molecule has 19 heavy (non-hydrogen) atoms. The highest BCUT2D eigenvalue weighted by atomic mass is 35.5. The van der Waals surface area contributed by atoms with Gasteiger partial charge >= 0.3 is 0 Å². The summed E-state index contributed by atoms with van der Waals surface area (Å²) in [5, 5.41) is 12.3. The summed E-state index contributed by atoms with van der Waals surface area (Å²) in [6.07, 6.45) is 2.36. The molecule has 1 aromatic rings. The van der Waals surface area contributed by atoms with Crippen LogP contribution in [0, 0.1) is 0 Å². The summed E-state index contributed by atoms with van der Waals surface area (Å²) in [4.78, 5) is 0. The number of nitrogens with two attached hydrogens (primary N) is 1. The van der Waals surface area contributed by atoms with Crippen molar-refractivity contribution in [1.29, 1.82) is 0 Å². The Bertz CT molecular complexity index is 479. The van der Waals surface area contributed by atoms with Crippen molar-refractivity contribution in [3.8, 4) is 5.75 Å². The van der Waals surface area contributed by atoms with Crippen LogP contribution in [0.5, 0.6) is 5.75 Å². The topological polar surface area (TPSA) is 77.1 Å². The molecule has 1 aliphatic heterocycles. The number of nitrogens with zero attached hydrogens (tertiary/aromatic N) is 1. The molecule has 2 atom stereocenters. The van der Waals surface area contributed by atoms with E-state index in [0.29, 0.717) is 22.9 Å². The first-order valence-corrected chi connectivity index (χ1v) is 6.53. The van der Waals surface area contributed by atoms with Crippen molar-refractivity contribution < 1.29 is 14.7 Å². The zero-order chi connectivity index (χ0) is 13.8. The Kier molecular flexibility index (Phi) is 4.50. The summed E-state index contributed by atoms with van der Waals surface area (Å²) in [5.74, 6) is 0.485. The van der Waals surface area contributed by atoms with E-state index in [1.165, 1.54) is 0 Å². The SMILES string of the molecule is CC1CCC(COc2cc(Cl)ccc2/C(N)=N/O)O1. The molecule has 1 heterocycles. The quantitative estimate of drug-likeness (QED) is 0.385. The van der Waals surface area contributed by atoms with Gasteiger partial charge in [0, 0.05) is 5.02 Å². The number of rotatable bonds is 4. The van der Waals surface area contributed by atoms with Gasteiger partial charge in [-0.15, -0.1) is 0 Å². The van der Waals surface area contributed by atoms with Crippen molar-refractivity contribution in [2.45, 2.75) is 32.0 Å². The van der Waals surface area contributed by atoms with Crippen LogP contribution in [0.25, 0.3) is 0 Å². The van der Waals surface area contributed by atoms with Gasteiger partial charge in [-0.25, -0.2) is 0 Å². The number of ether oxygens (including phenoxy) is 2. The maximum absolute atomic E-state index is 8.75. The first kappa shape index (κ1) is 14.0. The Labute approximate surface area is 116 Å². The lowest BCUT2D eigenvalue weighted by molar-refractivity contribution is 0.0264. The molecule has 1 aromatic carbocycles. The lowest BCUT2D eigenvalue weighted by Crippen LogP contribution is -2.20. The molecule has 0 bridgehead atoms. The molecule has 0 saturated carbocycles. The lowest BCUT2D eigenvalue weighted by Gasteiger charge is -2.15. The monoisotopic (exact) mass is 284 g/mol. The van der Waals surface area contributed by atoms with Gasteiger partial charge in [0.15, 0.2) is 5.84 Å². The van der Waals surface area contributed by atoms with Crippen LogP contribution in [0.2, 0.25) is 5.02 Å². The predicted molar refractivity (Wildman–Crippen MR) is 73.0 cm³/mol. The molecule has 2 unspecified atom stereocenters. The van der Waals surface area contributed by atoms with E-state index in [1.807, 2.05) is 6.92 Å². The Morgan fingerprint density at radius 1 is 1.58 bits per heavy atom. The van der Waals surface area contributed by atoms with Crippen molar-refractivity contribution in [2.75, 3.05) is 6.61 Å².